The maximum absolute atomic E-state index is 13.0. The molecular formula is C30H29BrN4O5S. The van der Waals surface area contributed by atoms with Crippen LogP contribution in [0, 0.1) is 0 Å². The molecule has 5 rings (SSSR count). The maximum atomic E-state index is 13.0. The summed E-state index contributed by atoms with van der Waals surface area (Å²) in [5.41, 5.74) is 3.32. The van der Waals surface area contributed by atoms with Crippen molar-refractivity contribution < 1.29 is 23.8 Å². The monoisotopic (exact) mass is 636 g/mol. The number of amidine groups is 1. The van der Waals surface area contributed by atoms with Crippen molar-refractivity contribution in [3.05, 3.63) is 81.7 Å². The molecule has 3 aromatic rings. The Balaban J connectivity index is 1.27. The lowest BCUT2D eigenvalue weighted by Crippen LogP contribution is -2.36. The second-order valence-corrected chi connectivity index (χ2v) is 11.1. The highest BCUT2D eigenvalue weighted by Gasteiger charge is 2.30. The van der Waals surface area contributed by atoms with E-state index in [-0.39, 0.29) is 18.4 Å². The molecule has 2 amide bonds. The van der Waals surface area contributed by atoms with Crippen LogP contribution in [0.25, 0.3) is 6.08 Å². The summed E-state index contributed by atoms with van der Waals surface area (Å²) < 4.78 is 17.3. The van der Waals surface area contributed by atoms with Crippen molar-refractivity contribution in [2.24, 2.45) is 4.99 Å². The number of ether oxygens (including phenoxy) is 3. The Kier molecular flexibility index (Phi) is 9.28. The fourth-order valence-corrected chi connectivity index (χ4v) is 5.85. The second kappa shape index (κ2) is 13.2. The summed E-state index contributed by atoms with van der Waals surface area (Å²) in [5, 5.41) is 3.38. The molecule has 0 spiro atoms. The fraction of sp³-hybridized carbons (Fsp3) is 0.233. The van der Waals surface area contributed by atoms with Gasteiger partial charge >= 0.3 is 0 Å². The van der Waals surface area contributed by atoms with Gasteiger partial charge in [0.25, 0.3) is 11.8 Å². The number of morpholine rings is 1. The number of carbonyl (C=O) groups is 2. The van der Waals surface area contributed by atoms with E-state index in [2.05, 4.69) is 26.1 Å². The number of hydrogen-bond donors (Lipinski definition) is 1. The van der Waals surface area contributed by atoms with Crippen LogP contribution >= 0.6 is 27.7 Å². The molecule has 0 atom stereocenters. The standard InChI is InChI=1S/C30H29BrN4O5S/c1-34-29(37)26(41-30(34)33-22-8-10-23(11-9-22)35-12-14-39-15-13-35)18-20-16-24(31)28(25(17-20)38-2)40-19-27(36)32-21-6-4-3-5-7-21/h3-11,16-18H,12-15,19H2,1-2H3,(H,32,36)/b26-18-,33-30?. The molecule has 2 aliphatic heterocycles. The molecule has 0 aliphatic carbocycles. The zero-order valence-electron chi connectivity index (χ0n) is 22.6. The third kappa shape index (κ3) is 7.10. The third-order valence-corrected chi connectivity index (χ3v) is 8.06. The molecule has 0 radical (unpaired) electrons. The van der Waals surface area contributed by atoms with E-state index in [9.17, 15) is 9.59 Å². The van der Waals surface area contributed by atoms with Gasteiger partial charge in [0.05, 0.1) is 35.4 Å². The Morgan fingerprint density at radius 1 is 1.12 bits per heavy atom. The van der Waals surface area contributed by atoms with Gasteiger partial charge in [-0.05, 0) is 87.9 Å². The summed E-state index contributed by atoms with van der Waals surface area (Å²) in [4.78, 5) is 34.4. The SMILES string of the molecule is COc1cc(/C=C2\SC(=Nc3ccc(N4CCOCC4)cc3)N(C)C2=O)cc(Br)c1OCC(=O)Nc1ccccc1. The molecule has 2 fully saturated rings. The minimum absolute atomic E-state index is 0.147. The Labute approximate surface area is 251 Å². The third-order valence-electron chi connectivity index (χ3n) is 6.41. The lowest BCUT2D eigenvalue weighted by Gasteiger charge is -2.28. The molecule has 2 saturated heterocycles. The number of nitrogens with one attached hydrogen (secondary N) is 1. The average molecular weight is 638 g/mol. The first-order valence-corrected chi connectivity index (χ1v) is 14.6. The van der Waals surface area contributed by atoms with E-state index in [4.69, 9.17) is 19.2 Å². The van der Waals surface area contributed by atoms with Crippen LogP contribution in [-0.2, 0) is 14.3 Å². The molecule has 0 bridgehead atoms. The quantitative estimate of drug-likeness (QED) is 0.324. The summed E-state index contributed by atoms with van der Waals surface area (Å²) in [7, 11) is 3.24. The largest absolute Gasteiger partial charge is 0.493 e. The summed E-state index contributed by atoms with van der Waals surface area (Å²) in [6, 6.07) is 20.7. The zero-order chi connectivity index (χ0) is 28.8. The molecule has 0 unspecified atom stereocenters. The van der Waals surface area contributed by atoms with Gasteiger partial charge in [-0.15, -0.1) is 0 Å². The maximum Gasteiger partial charge on any atom is 0.266 e. The number of halogens is 1. The molecule has 1 N–H and O–H groups in total. The predicted octanol–water partition coefficient (Wildman–Crippen LogP) is 5.55. The highest BCUT2D eigenvalue weighted by atomic mass is 79.9. The average Bonchev–Trinajstić information content (AvgIpc) is 3.25. The van der Waals surface area contributed by atoms with E-state index in [1.807, 2.05) is 48.5 Å². The summed E-state index contributed by atoms with van der Waals surface area (Å²) in [6.45, 7) is 3.00. The van der Waals surface area contributed by atoms with Crippen molar-refractivity contribution in [1.82, 2.24) is 4.90 Å². The van der Waals surface area contributed by atoms with E-state index in [1.165, 1.54) is 18.9 Å². The van der Waals surface area contributed by atoms with Gasteiger partial charge in [0, 0.05) is 31.5 Å². The Bertz CT molecular complexity index is 1470. The smallest absolute Gasteiger partial charge is 0.266 e. The van der Waals surface area contributed by atoms with Gasteiger partial charge in [0.2, 0.25) is 0 Å². The summed E-state index contributed by atoms with van der Waals surface area (Å²) in [5.74, 6) is 0.376. The molecule has 212 valence electrons. The van der Waals surface area contributed by atoms with Gasteiger partial charge in [-0.3, -0.25) is 14.5 Å². The molecule has 0 aromatic heterocycles. The number of amides is 2. The predicted molar refractivity (Wildman–Crippen MR) is 166 cm³/mol. The van der Waals surface area contributed by atoms with Crippen molar-refractivity contribution >= 4 is 67.8 Å². The van der Waals surface area contributed by atoms with E-state index >= 15 is 0 Å². The lowest BCUT2D eigenvalue weighted by atomic mass is 10.2. The number of aliphatic imine (C=N–C) groups is 1. The van der Waals surface area contributed by atoms with Crippen LogP contribution in [0.15, 0.2) is 81.1 Å². The number of para-hydroxylation sites is 1. The first kappa shape index (κ1) is 28.7. The highest BCUT2D eigenvalue weighted by Crippen LogP contribution is 2.39. The molecule has 2 heterocycles. The van der Waals surface area contributed by atoms with Crippen molar-refractivity contribution in [3.63, 3.8) is 0 Å². The van der Waals surface area contributed by atoms with Gasteiger partial charge < -0.3 is 24.4 Å². The number of benzene rings is 3. The fourth-order valence-electron chi connectivity index (χ4n) is 4.29. The highest BCUT2D eigenvalue weighted by molar-refractivity contribution is 9.10. The first-order valence-electron chi connectivity index (χ1n) is 13.0. The minimum Gasteiger partial charge on any atom is -0.493 e. The van der Waals surface area contributed by atoms with Crippen LogP contribution in [0.4, 0.5) is 17.1 Å². The van der Waals surface area contributed by atoms with Gasteiger partial charge in [0.15, 0.2) is 23.3 Å². The topological polar surface area (TPSA) is 92.7 Å². The number of anilines is 2. The molecule has 2 aliphatic rings. The molecule has 41 heavy (non-hydrogen) atoms. The number of methoxy groups -OCH3 is 1. The summed E-state index contributed by atoms with van der Waals surface area (Å²) in [6.07, 6.45) is 1.78. The number of likely N-dealkylation sites (N-methyl/N-ethyl adjacent to an activating group) is 1. The van der Waals surface area contributed by atoms with Crippen LogP contribution in [0.2, 0.25) is 0 Å². The van der Waals surface area contributed by atoms with Crippen molar-refractivity contribution in [2.45, 2.75) is 0 Å². The number of hydrogen-bond acceptors (Lipinski definition) is 8. The second-order valence-electron chi connectivity index (χ2n) is 9.22. The van der Waals surface area contributed by atoms with Crippen LogP contribution in [0.5, 0.6) is 11.5 Å². The number of thioether (sulfide) groups is 1. The molecule has 11 heteroatoms. The van der Waals surface area contributed by atoms with E-state index in [1.54, 1.807) is 36.2 Å². The van der Waals surface area contributed by atoms with E-state index in [0.29, 0.717) is 31.7 Å². The van der Waals surface area contributed by atoms with Gasteiger partial charge in [0.1, 0.15) is 0 Å². The van der Waals surface area contributed by atoms with Crippen LogP contribution in [0.1, 0.15) is 5.56 Å². The van der Waals surface area contributed by atoms with E-state index in [0.717, 1.165) is 43.2 Å². The first-order chi connectivity index (χ1) is 19.9. The Morgan fingerprint density at radius 2 is 1.85 bits per heavy atom. The van der Waals surface area contributed by atoms with Crippen molar-refractivity contribution in [2.75, 3.05) is 57.3 Å². The van der Waals surface area contributed by atoms with Crippen molar-refractivity contribution in [3.8, 4) is 11.5 Å². The number of rotatable bonds is 8. The minimum atomic E-state index is -0.296. The van der Waals surface area contributed by atoms with Crippen LogP contribution < -0.4 is 19.7 Å². The number of nitrogens with zero attached hydrogens (tertiary/aromatic N) is 3. The normalized spacial score (nSPS) is 17.3. The van der Waals surface area contributed by atoms with Gasteiger partial charge in [-0.1, -0.05) is 18.2 Å². The number of carbonyl (C=O) groups excluding carboxylic acids is 2. The van der Waals surface area contributed by atoms with Crippen LogP contribution in [-0.4, -0.2) is 68.9 Å². The summed E-state index contributed by atoms with van der Waals surface area (Å²) >= 11 is 4.83. The molecule has 0 saturated carbocycles. The molecule has 9 nitrogen and oxygen atoms in total. The zero-order valence-corrected chi connectivity index (χ0v) is 25.0. The lowest BCUT2D eigenvalue weighted by molar-refractivity contribution is -0.121. The van der Waals surface area contributed by atoms with Crippen molar-refractivity contribution in [1.29, 1.82) is 0 Å². The molecular weight excluding hydrogens is 608 g/mol. The molecule has 3 aromatic carbocycles. The Morgan fingerprint density at radius 3 is 2.56 bits per heavy atom. The Hall–Kier alpha value is -3.80. The van der Waals surface area contributed by atoms with E-state index < -0.39 is 0 Å². The van der Waals surface area contributed by atoms with Gasteiger partial charge in [-0.2, -0.15) is 0 Å². The van der Waals surface area contributed by atoms with Gasteiger partial charge in [-0.25, -0.2) is 4.99 Å². The van der Waals surface area contributed by atoms with Crippen LogP contribution in [0.3, 0.4) is 0 Å².